The molecule has 1 amide bonds. The van der Waals surface area contributed by atoms with Gasteiger partial charge in [0.25, 0.3) is 0 Å². The minimum absolute atomic E-state index is 0.0271. The molecule has 0 saturated carbocycles. The van der Waals surface area contributed by atoms with Crippen molar-refractivity contribution in [2.24, 2.45) is 5.41 Å². The Bertz CT molecular complexity index is 845. The standard InChI is InChI=1S/C21H19NO2/c1-20-13-18-17(15-8-4-2-5-9-15)12-21(20,24-18)14-22(19(20)23)16-10-6-3-7-11-16/h2-12,18H,13-14H2,1H3/t18-,20-,21+/m0/s1. The van der Waals surface area contributed by atoms with Crippen LogP contribution < -0.4 is 4.90 Å². The van der Waals surface area contributed by atoms with Gasteiger partial charge in [-0.25, -0.2) is 0 Å². The maximum atomic E-state index is 13.2. The summed E-state index contributed by atoms with van der Waals surface area (Å²) in [5.41, 5.74) is 2.42. The molecule has 3 aliphatic rings. The van der Waals surface area contributed by atoms with E-state index >= 15 is 0 Å². The SMILES string of the molecule is C[C@@]12C[C@@H]3O[C@]1(C=C3c1ccccc1)CN(c1ccccc1)C2=O. The Labute approximate surface area is 141 Å². The van der Waals surface area contributed by atoms with Crippen molar-refractivity contribution in [3.8, 4) is 0 Å². The number of amides is 1. The fraction of sp³-hybridized carbons (Fsp3) is 0.286. The van der Waals surface area contributed by atoms with Crippen molar-refractivity contribution in [2.45, 2.75) is 25.0 Å². The molecule has 120 valence electrons. The molecule has 0 unspecified atom stereocenters. The Kier molecular flexibility index (Phi) is 2.67. The second-order valence-electron chi connectivity index (χ2n) is 7.22. The number of benzene rings is 2. The van der Waals surface area contributed by atoms with Gasteiger partial charge in [0.05, 0.1) is 18.1 Å². The van der Waals surface area contributed by atoms with E-state index in [1.807, 2.05) is 41.3 Å². The maximum Gasteiger partial charge on any atom is 0.236 e. The summed E-state index contributed by atoms with van der Waals surface area (Å²) in [6.07, 6.45) is 3.01. The Morgan fingerprint density at radius 2 is 1.71 bits per heavy atom. The number of para-hydroxylation sites is 1. The third-order valence-electron chi connectivity index (χ3n) is 5.90. The minimum atomic E-state index is -0.504. The molecule has 0 N–H and O–H groups in total. The molecule has 24 heavy (non-hydrogen) atoms. The monoisotopic (exact) mass is 317 g/mol. The summed E-state index contributed by atoms with van der Waals surface area (Å²) in [5, 5.41) is 0. The van der Waals surface area contributed by atoms with Crippen molar-refractivity contribution < 1.29 is 9.53 Å². The lowest BCUT2D eigenvalue weighted by Gasteiger charge is -2.30. The molecule has 3 aliphatic heterocycles. The van der Waals surface area contributed by atoms with Gasteiger partial charge < -0.3 is 9.64 Å². The highest BCUT2D eigenvalue weighted by molar-refractivity contribution is 6.03. The number of anilines is 1. The van der Waals surface area contributed by atoms with Gasteiger partial charge in [-0.2, -0.15) is 0 Å². The minimum Gasteiger partial charge on any atom is -0.360 e. The van der Waals surface area contributed by atoms with E-state index in [2.05, 4.69) is 37.3 Å². The summed E-state index contributed by atoms with van der Waals surface area (Å²) >= 11 is 0. The Morgan fingerprint density at radius 3 is 2.42 bits per heavy atom. The molecule has 5 rings (SSSR count). The molecular formula is C21H19NO2. The molecule has 2 bridgehead atoms. The Morgan fingerprint density at radius 1 is 1.04 bits per heavy atom. The molecule has 0 radical (unpaired) electrons. The van der Waals surface area contributed by atoms with Crippen LogP contribution in [0, 0.1) is 5.41 Å². The number of hydrogen-bond acceptors (Lipinski definition) is 2. The third-order valence-corrected chi connectivity index (χ3v) is 5.90. The van der Waals surface area contributed by atoms with Gasteiger partial charge in [-0.05, 0) is 42.7 Å². The predicted molar refractivity (Wildman–Crippen MR) is 93.5 cm³/mol. The first-order valence-electron chi connectivity index (χ1n) is 8.46. The summed E-state index contributed by atoms with van der Waals surface area (Å²) in [5.74, 6) is 0.180. The van der Waals surface area contributed by atoms with Crippen LogP contribution in [0.5, 0.6) is 0 Å². The van der Waals surface area contributed by atoms with Crippen LogP contribution in [0.3, 0.4) is 0 Å². The zero-order chi connectivity index (χ0) is 16.4. The third kappa shape index (κ3) is 1.63. The molecule has 3 heteroatoms. The van der Waals surface area contributed by atoms with Gasteiger partial charge in [0.1, 0.15) is 5.60 Å². The molecule has 0 aromatic heterocycles. The first-order chi connectivity index (χ1) is 11.6. The molecule has 3 heterocycles. The van der Waals surface area contributed by atoms with Crippen molar-refractivity contribution in [3.63, 3.8) is 0 Å². The summed E-state index contributed by atoms with van der Waals surface area (Å²) in [4.78, 5) is 15.0. The molecule has 2 fully saturated rings. The largest absolute Gasteiger partial charge is 0.360 e. The van der Waals surface area contributed by atoms with E-state index in [4.69, 9.17) is 4.74 Å². The normalized spacial score (nSPS) is 33.7. The number of carbonyl (C=O) groups excluding carboxylic acids is 1. The first kappa shape index (κ1) is 14.0. The zero-order valence-corrected chi connectivity index (χ0v) is 13.6. The average Bonchev–Trinajstić information content (AvgIpc) is 3.20. The van der Waals surface area contributed by atoms with E-state index in [9.17, 15) is 4.79 Å². The van der Waals surface area contributed by atoms with Crippen LogP contribution in [-0.2, 0) is 9.53 Å². The summed E-state index contributed by atoms with van der Waals surface area (Å²) in [6, 6.07) is 20.3. The van der Waals surface area contributed by atoms with Crippen LogP contribution in [0.15, 0.2) is 66.7 Å². The maximum absolute atomic E-state index is 13.2. The quantitative estimate of drug-likeness (QED) is 0.846. The van der Waals surface area contributed by atoms with Gasteiger partial charge >= 0.3 is 0 Å². The highest BCUT2D eigenvalue weighted by Gasteiger charge is 2.69. The second kappa shape index (κ2) is 4.58. The van der Waals surface area contributed by atoms with E-state index < -0.39 is 11.0 Å². The van der Waals surface area contributed by atoms with Crippen molar-refractivity contribution >= 4 is 17.2 Å². The molecule has 2 saturated heterocycles. The molecule has 3 atom stereocenters. The van der Waals surface area contributed by atoms with E-state index in [0.29, 0.717) is 6.54 Å². The van der Waals surface area contributed by atoms with Gasteiger partial charge in [-0.1, -0.05) is 48.5 Å². The fourth-order valence-electron chi connectivity index (χ4n) is 4.53. The first-order valence-corrected chi connectivity index (χ1v) is 8.46. The van der Waals surface area contributed by atoms with Crippen LogP contribution in [0.2, 0.25) is 0 Å². The highest BCUT2D eigenvalue weighted by atomic mass is 16.5. The molecule has 2 aromatic carbocycles. The van der Waals surface area contributed by atoms with Gasteiger partial charge in [0.2, 0.25) is 5.91 Å². The van der Waals surface area contributed by atoms with E-state index in [1.54, 1.807) is 0 Å². The number of fused-ring (bicyclic) bond motifs is 1. The number of hydrogen-bond donors (Lipinski definition) is 0. The highest BCUT2D eigenvalue weighted by Crippen LogP contribution is 2.60. The fourth-order valence-corrected chi connectivity index (χ4v) is 4.53. The molecule has 2 aromatic rings. The van der Waals surface area contributed by atoms with Crippen LogP contribution in [-0.4, -0.2) is 24.2 Å². The van der Waals surface area contributed by atoms with Crippen molar-refractivity contribution in [1.82, 2.24) is 0 Å². The lowest BCUT2D eigenvalue weighted by Crippen LogP contribution is -2.42. The molecular weight excluding hydrogens is 298 g/mol. The number of rotatable bonds is 2. The van der Waals surface area contributed by atoms with Crippen molar-refractivity contribution in [2.75, 3.05) is 11.4 Å². The van der Waals surface area contributed by atoms with Crippen LogP contribution in [0.4, 0.5) is 5.69 Å². The van der Waals surface area contributed by atoms with Gasteiger partial charge in [0, 0.05) is 5.69 Å². The number of ether oxygens (including phenoxy) is 1. The van der Waals surface area contributed by atoms with Gasteiger partial charge in [-0.15, -0.1) is 0 Å². The van der Waals surface area contributed by atoms with E-state index in [0.717, 1.165) is 12.1 Å². The average molecular weight is 317 g/mol. The van der Waals surface area contributed by atoms with Gasteiger partial charge in [-0.3, -0.25) is 4.79 Å². The lowest BCUT2D eigenvalue weighted by atomic mass is 9.69. The Balaban J connectivity index is 1.58. The van der Waals surface area contributed by atoms with Crippen LogP contribution in [0.25, 0.3) is 5.57 Å². The van der Waals surface area contributed by atoms with Crippen molar-refractivity contribution in [1.29, 1.82) is 0 Å². The summed E-state index contributed by atoms with van der Waals surface area (Å²) in [7, 11) is 0. The Hall–Kier alpha value is -2.39. The topological polar surface area (TPSA) is 29.5 Å². The van der Waals surface area contributed by atoms with Crippen LogP contribution in [0.1, 0.15) is 18.9 Å². The van der Waals surface area contributed by atoms with E-state index in [-0.39, 0.29) is 12.0 Å². The number of carbonyl (C=O) groups is 1. The second-order valence-corrected chi connectivity index (χ2v) is 7.22. The number of nitrogens with zero attached hydrogens (tertiary/aromatic N) is 1. The summed E-state index contributed by atoms with van der Waals surface area (Å²) in [6.45, 7) is 2.66. The van der Waals surface area contributed by atoms with Crippen molar-refractivity contribution in [3.05, 3.63) is 72.3 Å². The smallest absolute Gasteiger partial charge is 0.236 e. The lowest BCUT2D eigenvalue weighted by molar-refractivity contribution is -0.127. The molecule has 3 nitrogen and oxygen atoms in total. The molecule has 0 aliphatic carbocycles. The zero-order valence-electron chi connectivity index (χ0n) is 13.6. The predicted octanol–water partition coefficient (Wildman–Crippen LogP) is 3.66. The van der Waals surface area contributed by atoms with Crippen LogP contribution >= 0.6 is 0 Å². The van der Waals surface area contributed by atoms with E-state index in [1.165, 1.54) is 11.1 Å². The molecule has 1 spiro atoms. The van der Waals surface area contributed by atoms with Gasteiger partial charge in [0.15, 0.2) is 0 Å². The summed E-state index contributed by atoms with van der Waals surface area (Å²) < 4.78 is 6.42.